The van der Waals surface area contributed by atoms with Gasteiger partial charge in [-0.05, 0) is 51.7 Å². The van der Waals surface area contributed by atoms with E-state index in [1.165, 1.54) is 0 Å². The van der Waals surface area contributed by atoms with E-state index >= 15 is 0 Å². The molecule has 2 aliphatic rings. The van der Waals surface area contributed by atoms with Gasteiger partial charge in [-0.15, -0.1) is 0 Å². The highest BCUT2D eigenvalue weighted by atomic mass is 35.5. The molecular formula is C23H28ClN7O. The Morgan fingerprint density at radius 3 is 2.78 bits per heavy atom. The molecule has 2 saturated heterocycles. The number of carbonyl (C=O) groups is 1. The maximum atomic E-state index is 13.4. The molecule has 0 bridgehead atoms. The summed E-state index contributed by atoms with van der Waals surface area (Å²) in [5, 5.41) is 5.19. The van der Waals surface area contributed by atoms with E-state index in [1.54, 1.807) is 6.07 Å². The zero-order chi connectivity index (χ0) is 22.4. The van der Waals surface area contributed by atoms with Crippen LogP contribution >= 0.6 is 11.6 Å². The molecule has 3 aromatic rings. The second-order valence-corrected chi connectivity index (χ2v) is 9.31. The van der Waals surface area contributed by atoms with E-state index in [1.807, 2.05) is 34.7 Å². The van der Waals surface area contributed by atoms with Crippen LogP contribution in [0.4, 0.5) is 5.82 Å². The number of carbonyl (C=O) groups excluding carboxylic acids is 1. The van der Waals surface area contributed by atoms with Crippen LogP contribution in [0.15, 0.2) is 24.4 Å². The highest BCUT2D eigenvalue weighted by molar-refractivity contribution is 6.33. The first-order valence-corrected chi connectivity index (χ1v) is 11.6. The van der Waals surface area contributed by atoms with Gasteiger partial charge in [0.1, 0.15) is 11.5 Å². The molecule has 3 aromatic heterocycles. The van der Waals surface area contributed by atoms with Gasteiger partial charge in [-0.25, -0.2) is 14.5 Å². The number of aromatic nitrogens is 4. The van der Waals surface area contributed by atoms with E-state index in [2.05, 4.69) is 16.8 Å². The fraction of sp³-hybridized carbons (Fsp3) is 0.478. The summed E-state index contributed by atoms with van der Waals surface area (Å²) in [6.07, 6.45) is 5.84. The Balaban J connectivity index is 1.48. The predicted octanol–water partition coefficient (Wildman–Crippen LogP) is 3.30. The summed E-state index contributed by atoms with van der Waals surface area (Å²) in [4.78, 5) is 26.8. The van der Waals surface area contributed by atoms with Crippen molar-refractivity contribution in [3.05, 3.63) is 52.1 Å². The molecule has 5 rings (SSSR count). The summed E-state index contributed by atoms with van der Waals surface area (Å²) < 4.78 is 1.82. The lowest BCUT2D eigenvalue weighted by molar-refractivity contribution is 0.0599. The van der Waals surface area contributed by atoms with E-state index in [0.717, 1.165) is 67.2 Å². The molecule has 1 amide bonds. The number of hydrogen-bond acceptors (Lipinski definition) is 6. The molecule has 2 atom stereocenters. The van der Waals surface area contributed by atoms with Crippen molar-refractivity contribution < 1.29 is 4.79 Å². The van der Waals surface area contributed by atoms with Gasteiger partial charge in [0.05, 0.1) is 16.8 Å². The molecule has 0 spiro atoms. The van der Waals surface area contributed by atoms with Gasteiger partial charge in [0.25, 0.3) is 5.91 Å². The SMILES string of the molecule is Cc1ccc(Cl)c(C(=O)N2CCCC[C@H]2c2cc3nc(N4CC[C@H](N)C4)c(C)cn3n2)n1. The van der Waals surface area contributed by atoms with Crippen molar-refractivity contribution in [1.29, 1.82) is 0 Å². The molecule has 8 nitrogen and oxygen atoms in total. The minimum Gasteiger partial charge on any atom is -0.355 e. The van der Waals surface area contributed by atoms with Crippen LogP contribution in [0.25, 0.3) is 5.65 Å². The summed E-state index contributed by atoms with van der Waals surface area (Å²) in [7, 11) is 0. The van der Waals surface area contributed by atoms with Crippen LogP contribution in [0.5, 0.6) is 0 Å². The van der Waals surface area contributed by atoms with Gasteiger partial charge < -0.3 is 15.5 Å². The summed E-state index contributed by atoms with van der Waals surface area (Å²) in [5.74, 6) is 0.820. The second-order valence-electron chi connectivity index (χ2n) is 8.91. The topological polar surface area (TPSA) is 92.7 Å². The Morgan fingerprint density at radius 2 is 2.00 bits per heavy atom. The first kappa shape index (κ1) is 21.2. The molecule has 5 heterocycles. The fourth-order valence-corrected chi connectivity index (χ4v) is 4.98. The molecule has 2 fully saturated rings. The molecule has 0 radical (unpaired) electrons. The Hall–Kier alpha value is -2.71. The Kier molecular flexibility index (Phi) is 5.51. The van der Waals surface area contributed by atoms with Crippen molar-refractivity contribution in [1.82, 2.24) is 24.5 Å². The maximum absolute atomic E-state index is 13.4. The lowest BCUT2D eigenvalue weighted by atomic mass is 9.99. The minimum absolute atomic E-state index is 0.125. The van der Waals surface area contributed by atoms with Crippen molar-refractivity contribution in [2.75, 3.05) is 24.5 Å². The predicted molar refractivity (Wildman–Crippen MR) is 124 cm³/mol. The van der Waals surface area contributed by atoms with E-state index in [-0.39, 0.29) is 18.0 Å². The van der Waals surface area contributed by atoms with Gasteiger partial charge in [-0.1, -0.05) is 11.6 Å². The first-order chi connectivity index (χ1) is 15.4. The van der Waals surface area contributed by atoms with Gasteiger partial charge in [0.15, 0.2) is 5.65 Å². The number of aryl methyl sites for hydroxylation is 2. The number of piperidine rings is 1. The van der Waals surface area contributed by atoms with Crippen LogP contribution in [0.1, 0.15) is 59.2 Å². The Labute approximate surface area is 192 Å². The summed E-state index contributed by atoms with van der Waals surface area (Å²) in [6.45, 7) is 6.31. The molecule has 0 aromatic carbocycles. The van der Waals surface area contributed by atoms with Gasteiger partial charge in [-0.2, -0.15) is 5.10 Å². The van der Waals surface area contributed by atoms with Crippen LogP contribution < -0.4 is 10.6 Å². The average Bonchev–Trinajstić information content (AvgIpc) is 3.40. The number of nitrogens with two attached hydrogens (primary N) is 1. The monoisotopic (exact) mass is 453 g/mol. The van der Waals surface area contributed by atoms with Crippen LogP contribution in [0.3, 0.4) is 0 Å². The molecule has 9 heteroatoms. The lowest BCUT2D eigenvalue weighted by Gasteiger charge is -2.34. The maximum Gasteiger partial charge on any atom is 0.274 e. The Morgan fingerprint density at radius 1 is 1.16 bits per heavy atom. The zero-order valence-electron chi connectivity index (χ0n) is 18.5. The van der Waals surface area contributed by atoms with E-state index < -0.39 is 0 Å². The number of pyridine rings is 1. The molecule has 2 aliphatic heterocycles. The molecule has 0 unspecified atom stereocenters. The fourth-order valence-electron chi connectivity index (χ4n) is 4.79. The summed E-state index contributed by atoms with van der Waals surface area (Å²) >= 11 is 6.32. The molecule has 168 valence electrons. The standard InChI is InChI=1S/C23H28ClN7O/c1-14-12-31-20(27-22(14)29-10-8-16(25)13-29)11-18(28-31)19-5-3-4-9-30(19)23(32)21-17(24)7-6-15(2)26-21/h6-7,11-12,16,19H,3-5,8-10,13,25H2,1-2H3/t16-,19-/m0/s1. The number of fused-ring (bicyclic) bond motifs is 1. The number of rotatable bonds is 3. The third-order valence-electron chi connectivity index (χ3n) is 6.44. The van der Waals surface area contributed by atoms with Crippen molar-refractivity contribution >= 4 is 29.0 Å². The Bertz CT molecular complexity index is 1180. The van der Waals surface area contributed by atoms with Crippen molar-refractivity contribution in [3.8, 4) is 0 Å². The van der Waals surface area contributed by atoms with Crippen LogP contribution in [0.2, 0.25) is 5.02 Å². The molecule has 32 heavy (non-hydrogen) atoms. The lowest BCUT2D eigenvalue weighted by Crippen LogP contribution is -2.39. The highest BCUT2D eigenvalue weighted by Crippen LogP contribution is 2.33. The smallest absolute Gasteiger partial charge is 0.274 e. The van der Waals surface area contributed by atoms with Crippen molar-refractivity contribution in [2.45, 2.75) is 51.6 Å². The zero-order valence-corrected chi connectivity index (χ0v) is 19.2. The molecule has 0 saturated carbocycles. The average molecular weight is 454 g/mol. The van der Waals surface area contributed by atoms with Crippen molar-refractivity contribution in [2.24, 2.45) is 5.73 Å². The third-order valence-corrected chi connectivity index (χ3v) is 6.75. The number of likely N-dealkylation sites (tertiary alicyclic amines) is 1. The van der Waals surface area contributed by atoms with Gasteiger partial charge in [-0.3, -0.25) is 4.79 Å². The van der Waals surface area contributed by atoms with Crippen molar-refractivity contribution in [3.63, 3.8) is 0 Å². The van der Waals surface area contributed by atoms with Gasteiger partial charge in [0, 0.05) is 49.2 Å². The van der Waals surface area contributed by atoms with E-state index in [0.29, 0.717) is 17.3 Å². The third kappa shape index (κ3) is 3.82. The first-order valence-electron chi connectivity index (χ1n) is 11.2. The van der Waals surface area contributed by atoms with E-state index in [4.69, 9.17) is 27.4 Å². The summed E-state index contributed by atoms with van der Waals surface area (Å²) in [6, 6.07) is 5.62. The molecular weight excluding hydrogens is 426 g/mol. The number of amides is 1. The number of hydrogen-bond donors (Lipinski definition) is 1. The summed E-state index contributed by atoms with van der Waals surface area (Å²) in [5.41, 5.74) is 9.88. The second kappa shape index (κ2) is 8.33. The minimum atomic E-state index is -0.142. The number of halogens is 1. The van der Waals surface area contributed by atoms with Gasteiger partial charge in [0.2, 0.25) is 0 Å². The van der Waals surface area contributed by atoms with E-state index in [9.17, 15) is 4.79 Å². The molecule has 0 aliphatic carbocycles. The highest BCUT2D eigenvalue weighted by Gasteiger charge is 2.32. The van der Waals surface area contributed by atoms with Crippen LogP contribution in [-0.4, -0.2) is 56.1 Å². The number of nitrogens with zero attached hydrogens (tertiary/aromatic N) is 6. The largest absolute Gasteiger partial charge is 0.355 e. The number of anilines is 1. The van der Waals surface area contributed by atoms with Crippen LogP contribution in [0, 0.1) is 13.8 Å². The van der Waals surface area contributed by atoms with Gasteiger partial charge >= 0.3 is 0 Å². The van der Waals surface area contributed by atoms with Crippen LogP contribution in [-0.2, 0) is 0 Å². The normalized spacial score (nSPS) is 21.5. The quantitative estimate of drug-likeness (QED) is 0.654. The molecule has 2 N–H and O–H groups in total.